The molecule has 7 nitrogen and oxygen atoms in total. The number of hydrogen-bond acceptors (Lipinski definition) is 4. The van der Waals surface area contributed by atoms with E-state index in [0.29, 0.717) is 0 Å². The van der Waals surface area contributed by atoms with Crippen molar-refractivity contribution in [2.45, 2.75) is 30.8 Å². The lowest BCUT2D eigenvalue weighted by molar-refractivity contribution is -0.139. The smallest absolute Gasteiger partial charge is 0.264 e. The predicted octanol–water partition coefficient (Wildman–Crippen LogP) is 5.48. The molecule has 0 fully saturated rings. The van der Waals surface area contributed by atoms with E-state index in [1.807, 2.05) is 61.5 Å². The van der Waals surface area contributed by atoms with Crippen LogP contribution in [-0.2, 0) is 32.6 Å². The molecule has 1 atom stereocenters. The van der Waals surface area contributed by atoms with Gasteiger partial charge in [0.15, 0.2) is 0 Å². The Kier molecular flexibility index (Phi) is 10.1. The first kappa shape index (κ1) is 30.9. The fraction of sp³-hybridized carbons (Fsp3) is 0.188. The van der Waals surface area contributed by atoms with Crippen molar-refractivity contribution in [2.75, 3.05) is 17.9 Å². The standard InChI is InChI=1S/C32H31BrFN3O4S/c1-23-8-18-29(19-9-23)42(40,41)37(28-16-14-27(34)15-17-28)22-31(38)36(21-25-10-12-26(33)13-11-25)30(32(39)35-2)20-24-6-4-3-5-7-24/h3-19,30H,20-22H2,1-2H3,(H,35,39). The molecule has 42 heavy (non-hydrogen) atoms. The van der Waals surface area contributed by atoms with Crippen LogP contribution in [0.4, 0.5) is 10.1 Å². The number of halogens is 2. The SMILES string of the molecule is CNC(=O)C(Cc1ccccc1)N(Cc1ccc(Br)cc1)C(=O)CN(c1ccc(F)cc1)S(=O)(=O)c1ccc(C)cc1. The second-order valence-electron chi connectivity index (χ2n) is 9.77. The summed E-state index contributed by atoms with van der Waals surface area (Å²) in [5.74, 6) is -1.53. The van der Waals surface area contributed by atoms with E-state index in [9.17, 15) is 22.4 Å². The first-order chi connectivity index (χ1) is 20.1. The van der Waals surface area contributed by atoms with Crippen LogP contribution in [0.5, 0.6) is 0 Å². The fourth-order valence-corrected chi connectivity index (χ4v) is 6.16. The van der Waals surface area contributed by atoms with Crippen molar-refractivity contribution < 1.29 is 22.4 Å². The van der Waals surface area contributed by atoms with Gasteiger partial charge in [-0.3, -0.25) is 13.9 Å². The molecule has 1 unspecified atom stereocenters. The molecular formula is C32H31BrFN3O4S. The number of nitrogens with one attached hydrogen (secondary N) is 1. The van der Waals surface area contributed by atoms with Crippen LogP contribution in [0, 0.1) is 12.7 Å². The largest absolute Gasteiger partial charge is 0.357 e. The topological polar surface area (TPSA) is 86.8 Å². The first-order valence-electron chi connectivity index (χ1n) is 13.2. The van der Waals surface area contributed by atoms with E-state index in [0.717, 1.165) is 37.6 Å². The van der Waals surface area contributed by atoms with E-state index in [2.05, 4.69) is 21.2 Å². The summed E-state index contributed by atoms with van der Waals surface area (Å²) in [6.07, 6.45) is 0.212. The Morgan fingerprint density at radius 2 is 1.48 bits per heavy atom. The maximum Gasteiger partial charge on any atom is 0.264 e. The summed E-state index contributed by atoms with van der Waals surface area (Å²) in [4.78, 5) is 28.9. The number of nitrogens with zero attached hydrogens (tertiary/aromatic N) is 2. The van der Waals surface area contributed by atoms with Crippen molar-refractivity contribution in [3.8, 4) is 0 Å². The number of aryl methyl sites for hydroxylation is 1. The number of sulfonamides is 1. The van der Waals surface area contributed by atoms with Gasteiger partial charge in [0, 0.05) is 24.5 Å². The van der Waals surface area contributed by atoms with Crippen molar-refractivity contribution in [3.05, 3.63) is 130 Å². The highest BCUT2D eigenvalue weighted by atomic mass is 79.9. The summed E-state index contributed by atoms with van der Waals surface area (Å²) in [7, 11) is -2.75. The normalized spacial score (nSPS) is 11.9. The van der Waals surface area contributed by atoms with Crippen LogP contribution in [0.1, 0.15) is 16.7 Å². The van der Waals surface area contributed by atoms with Gasteiger partial charge in [-0.15, -0.1) is 0 Å². The van der Waals surface area contributed by atoms with Gasteiger partial charge in [-0.2, -0.15) is 0 Å². The van der Waals surface area contributed by atoms with E-state index < -0.39 is 34.3 Å². The maximum atomic E-state index is 14.2. The van der Waals surface area contributed by atoms with Crippen molar-refractivity contribution in [1.29, 1.82) is 0 Å². The third kappa shape index (κ3) is 7.63. The zero-order valence-electron chi connectivity index (χ0n) is 23.2. The zero-order valence-corrected chi connectivity index (χ0v) is 25.6. The molecule has 0 aliphatic heterocycles. The second-order valence-corrected chi connectivity index (χ2v) is 12.5. The molecule has 0 heterocycles. The lowest BCUT2D eigenvalue weighted by Crippen LogP contribution is -2.53. The van der Waals surface area contributed by atoms with E-state index in [-0.39, 0.29) is 29.5 Å². The molecule has 1 N–H and O–H groups in total. The van der Waals surface area contributed by atoms with E-state index in [1.165, 1.54) is 36.2 Å². The van der Waals surface area contributed by atoms with Crippen LogP contribution in [0.2, 0.25) is 0 Å². The molecule has 0 aromatic heterocycles. The first-order valence-corrected chi connectivity index (χ1v) is 15.5. The molecule has 10 heteroatoms. The van der Waals surface area contributed by atoms with Crippen LogP contribution in [0.25, 0.3) is 0 Å². The summed E-state index contributed by atoms with van der Waals surface area (Å²) < 4.78 is 43.5. The molecule has 0 bridgehead atoms. The summed E-state index contributed by atoms with van der Waals surface area (Å²) >= 11 is 3.42. The molecular weight excluding hydrogens is 621 g/mol. The van der Waals surface area contributed by atoms with Gasteiger partial charge < -0.3 is 10.2 Å². The highest BCUT2D eigenvalue weighted by Crippen LogP contribution is 2.26. The molecule has 4 aromatic carbocycles. The molecule has 218 valence electrons. The average Bonchev–Trinajstić information content (AvgIpc) is 2.99. The Morgan fingerprint density at radius 1 is 0.857 bits per heavy atom. The van der Waals surface area contributed by atoms with E-state index >= 15 is 0 Å². The van der Waals surface area contributed by atoms with Crippen LogP contribution in [0.3, 0.4) is 0 Å². The molecule has 0 saturated heterocycles. The molecule has 0 saturated carbocycles. The molecule has 0 aliphatic carbocycles. The van der Waals surface area contributed by atoms with Gasteiger partial charge >= 0.3 is 0 Å². The molecule has 4 rings (SSSR count). The third-order valence-electron chi connectivity index (χ3n) is 6.79. The summed E-state index contributed by atoms with van der Waals surface area (Å²) in [6, 6.07) is 26.8. The highest BCUT2D eigenvalue weighted by Gasteiger charge is 2.34. The molecule has 2 amide bonds. The van der Waals surface area contributed by atoms with Gasteiger partial charge in [0.05, 0.1) is 10.6 Å². The number of anilines is 1. The Bertz CT molecular complexity index is 1620. The summed E-state index contributed by atoms with van der Waals surface area (Å²) in [5, 5.41) is 2.65. The Labute approximate surface area is 254 Å². The van der Waals surface area contributed by atoms with E-state index in [4.69, 9.17) is 0 Å². The van der Waals surface area contributed by atoms with Crippen molar-refractivity contribution in [2.24, 2.45) is 0 Å². The second kappa shape index (κ2) is 13.8. The Hall–Kier alpha value is -4.02. The third-order valence-corrected chi connectivity index (χ3v) is 9.10. The number of benzene rings is 4. The Morgan fingerprint density at radius 3 is 2.07 bits per heavy atom. The molecule has 0 radical (unpaired) electrons. The summed E-state index contributed by atoms with van der Waals surface area (Å²) in [6.45, 7) is 1.28. The van der Waals surface area contributed by atoms with Gasteiger partial charge in [-0.25, -0.2) is 12.8 Å². The number of rotatable bonds is 11. The number of amides is 2. The van der Waals surface area contributed by atoms with Crippen molar-refractivity contribution >= 4 is 43.5 Å². The van der Waals surface area contributed by atoms with E-state index in [1.54, 1.807) is 12.1 Å². The highest BCUT2D eigenvalue weighted by molar-refractivity contribution is 9.10. The van der Waals surface area contributed by atoms with Crippen LogP contribution in [0.15, 0.2) is 112 Å². The molecule has 0 aliphatic rings. The monoisotopic (exact) mass is 651 g/mol. The molecule has 0 spiro atoms. The van der Waals surface area contributed by atoms with Crippen LogP contribution < -0.4 is 9.62 Å². The number of likely N-dealkylation sites (N-methyl/N-ethyl adjacent to an activating group) is 1. The van der Waals surface area contributed by atoms with Crippen molar-refractivity contribution in [3.63, 3.8) is 0 Å². The lowest BCUT2D eigenvalue weighted by Gasteiger charge is -2.33. The molecule has 4 aromatic rings. The number of carbonyl (C=O) groups is 2. The van der Waals surface area contributed by atoms with Gasteiger partial charge in [0.25, 0.3) is 10.0 Å². The van der Waals surface area contributed by atoms with Gasteiger partial charge in [0.1, 0.15) is 18.4 Å². The van der Waals surface area contributed by atoms with Crippen LogP contribution in [-0.4, -0.2) is 44.8 Å². The fourth-order valence-electron chi connectivity index (χ4n) is 4.48. The minimum Gasteiger partial charge on any atom is -0.357 e. The maximum absolute atomic E-state index is 14.2. The number of carbonyl (C=O) groups excluding carboxylic acids is 2. The zero-order chi connectivity index (χ0) is 30.3. The minimum atomic E-state index is -4.24. The lowest BCUT2D eigenvalue weighted by atomic mass is 10.0. The van der Waals surface area contributed by atoms with Crippen LogP contribution >= 0.6 is 15.9 Å². The van der Waals surface area contributed by atoms with Gasteiger partial charge in [-0.05, 0) is 66.6 Å². The van der Waals surface area contributed by atoms with Gasteiger partial charge in [0.2, 0.25) is 11.8 Å². The summed E-state index contributed by atoms with van der Waals surface area (Å²) in [5.41, 5.74) is 2.58. The van der Waals surface area contributed by atoms with Crippen molar-refractivity contribution in [1.82, 2.24) is 10.2 Å². The quantitative estimate of drug-likeness (QED) is 0.233. The number of hydrogen-bond donors (Lipinski definition) is 1. The average molecular weight is 653 g/mol. The van der Waals surface area contributed by atoms with Gasteiger partial charge in [-0.1, -0.05) is 76.1 Å². The Balaban J connectivity index is 1.77. The predicted molar refractivity (Wildman–Crippen MR) is 165 cm³/mol. The minimum absolute atomic E-state index is 0.0168.